The van der Waals surface area contributed by atoms with Crippen molar-refractivity contribution in [3.05, 3.63) is 24.0 Å². The van der Waals surface area contributed by atoms with Crippen LogP contribution in [0.25, 0.3) is 0 Å². The molecule has 0 radical (unpaired) electrons. The Labute approximate surface area is 93.9 Å². The number of rotatable bonds is 2. The summed E-state index contributed by atoms with van der Waals surface area (Å²) in [6, 6.07) is 1.51. The first kappa shape index (κ1) is 10.9. The molecule has 1 aliphatic heterocycles. The lowest BCUT2D eigenvalue weighted by Gasteiger charge is -2.24. The Balaban J connectivity index is 2.11. The lowest BCUT2D eigenvalue weighted by Crippen LogP contribution is -2.47. The SMILES string of the molecule is CC1(NC(=O)c2ccncc2O)CCNC1. The maximum Gasteiger partial charge on any atom is 0.255 e. The van der Waals surface area contributed by atoms with Crippen LogP contribution in [0, 0.1) is 0 Å². The normalized spacial score (nSPS) is 24.3. The molecule has 2 heterocycles. The second kappa shape index (κ2) is 4.09. The molecular formula is C11H15N3O2. The van der Waals surface area contributed by atoms with Crippen molar-refractivity contribution in [1.29, 1.82) is 0 Å². The highest BCUT2D eigenvalue weighted by molar-refractivity contribution is 5.97. The third-order valence-corrected chi connectivity index (χ3v) is 2.83. The van der Waals surface area contributed by atoms with Gasteiger partial charge < -0.3 is 15.7 Å². The van der Waals surface area contributed by atoms with Crippen molar-refractivity contribution < 1.29 is 9.90 Å². The molecule has 1 aliphatic rings. The molecule has 1 aromatic rings. The molecule has 2 rings (SSSR count). The Hall–Kier alpha value is -1.62. The Morgan fingerprint density at radius 3 is 3.12 bits per heavy atom. The predicted molar refractivity (Wildman–Crippen MR) is 59.3 cm³/mol. The van der Waals surface area contributed by atoms with Gasteiger partial charge in [0.25, 0.3) is 5.91 Å². The molecule has 1 fully saturated rings. The molecule has 1 unspecified atom stereocenters. The van der Waals surface area contributed by atoms with Crippen LogP contribution < -0.4 is 10.6 Å². The second-order valence-electron chi connectivity index (χ2n) is 4.33. The zero-order valence-corrected chi connectivity index (χ0v) is 9.16. The number of amides is 1. The van der Waals surface area contributed by atoms with E-state index in [1.54, 1.807) is 0 Å². The van der Waals surface area contributed by atoms with E-state index in [4.69, 9.17) is 0 Å². The van der Waals surface area contributed by atoms with Gasteiger partial charge >= 0.3 is 0 Å². The molecule has 0 bridgehead atoms. The molecular weight excluding hydrogens is 206 g/mol. The van der Waals surface area contributed by atoms with Gasteiger partial charge in [-0.2, -0.15) is 0 Å². The van der Waals surface area contributed by atoms with Crippen LogP contribution >= 0.6 is 0 Å². The van der Waals surface area contributed by atoms with Crippen molar-refractivity contribution in [2.45, 2.75) is 18.9 Å². The summed E-state index contributed by atoms with van der Waals surface area (Å²) in [5.41, 5.74) is 0.0374. The minimum Gasteiger partial charge on any atom is -0.505 e. The van der Waals surface area contributed by atoms with Crippen molar-refractivity contribution >= 4 is 5.91 Å². The smallest absolute Gasteiger partial charge is 0.255 e. The predicted octanol–water partition coefficient (Wildman–Crippen LogP) is 0.269. The van der Waals surface area contributed by atoms with Gasteiger partial charge in [0, 0.05) is 12.7 Å². The largest absolute Gasteiger partial charge is 0.505 e. The van der Waals surface area contributed by atoms with E-state index in [9.17, 15) is 9.90 Å². The van der Waals surface area contributed by atoms with Crippen LogP contribution in [0.4, 0.5) is 0 Å². The van der Waals surface area contributed by atoms with Crippen molar-refractivity contribution in [3.8, 4) is 5.75 Å². The number of aromatic nitrogens is 1. The van der Waals surface area contributed by atoms with Gasteiger partial charge in [-0.1, -0.05) is 0 Å². The maximum atomic E-state index is 11.9. The van der Waals surface area contributed by atoms with Crippen LogP contribution in [0.1, 0.15) is 23.7 Å². The number of aromatic hydroxyl groups is 1. The molecule has 86 valence electrons. The molecule has 3 N–H and O–H groups in total. The van der Waals surface area contributed by atoms with Crippen LogP contribution in [0.2, 0.25) is 0 Å². The molecule has 5 nitrogen and oxygen atoms in total. The molecule has 0 saturated carbocycles. The summed E-state index contributed by atoms with van der Waals surface area (Å²) in [6.07, 6.45) is 3.65. The topological polar surface area (TPSA) is 74.2 Å². The van der Waals surface area contributed by atoms with E-state index in [0.717, 1.165) is 19.5 Å². The number of hydrogen-bond donors (Lipinski definition) is 3. The van der Waals surface area contributed by atoms with Crippen molar-refractivity contribution in [1.82, 2.24) is 15.6 Å². The van der Waals surface area contributed by atoms with E-state index in [-0.39, 0.29) is 22.8 Å². The van der Waals surface area contributed by atoms with Gasteiger partial charge in [-0.25, -0.2) is 0 Å². The Kier molecular flexibility index (Phi) is 2.78. The fourth-order valence-corrected chi connectivity index (χ4v) is 1.84. The molecule has 1 amide bonds. The van der Waals surface area contributed by atoms with Crippen molar-refractivity contribution in [2.75, 3.05) is 13.1 Å². The minimum absolute atomic E-state index is 0.0884. The fourth-order valence-electron chi connectivity index (χ4n) is 1.84. The van der Waals surface area contributed by atoms with Gasteiger partial charge in [0.2, 0.25) is 0 Å². The van der Waals surface area contributed by atoms with Gasteiger partial charge in [-0.3, -0.25) is 9.78 Å². The van der Waals surface area contributed by atoms with Gasteiger partial charge in [-0.05, 0) is 26.0 Å². The molecule has 0 aliphatic carbocycles. The van der Waals surface area contributed by atoms with Crippen molar-refractivity contribution in [2.24, 2.45) is 0 Å². The number of nitrogens with zero attached hydrogens (tertiary/aromatic N) is 1. The van der Waals surface area contributed by atoms with E-state index >= 15 is 0 Å². The summed E-state index contributed by atoms with van der Waals surface area (Å²) < 4.78 is 0. The van der Waals surface area contributed by atoms with Crippen LogP contribution in [0.15, 0.2) is 18.5 Å². The first-order valence-electron chi connectivity index (χ1n) is 5.27. The number of nitrogens with one attached hydrogen (secondary N) is 2. The number of carbonyl (C=O) groups excluding carboxylic acids is 1. The van der Waals surface area contributed by atoms with Crippen LogP contribution in [-0.2, 0) is 0 Å². The highest BCUT2D eigenvalue weighted by Gasteiger charge is 2.30. The van der Waals surface area contributed by atoms with E-state index in [0.29, 0.717) is 0 Å². The molecule has 0 spiro atoms. The first-order chi connectivity index (χ1) is 7.61. The minimum atomic E-state index is -0.258. The van der Waals surface area contributed by atoms with Gasteiger partial charge in [0.15, 0.2) is 0 Å². The Morgan fingerprint density at radius 1 is 1.69 bits per heavy atom. The lowest BCUT2D eigenvalue weighted by atomic mass is 10.0. The third-order valence-electron chi connectivity index (χ3n) is 2.83. The van der Waals surface area contributed by atoms with Gasteiger partial charge in [-0.15, -0.1) is 0 Å². The van der Waals surface area contributed by atoms with E-state index in [1.165, 1.54) is 18.5 Å². The average molecular weight is 221 g/mol. The third kappa shape index (κ3) is 2.14. The van der Waals surface area contributed by atoms with Crippen LogP contribution in [-0.4, -0.2) is 34.6 Å². The Bertz CT molecular complexity index is 400. The van der Waals surface area contributed by atoms with Gasteiger partial charge in [0.1, 0.15) is 5.75 Å². The van der Waals surface area contributed by atoms with E-state index in [2.05, 4.69) is 15.6 Å². The summed E-state index contributed by atoms with van der Waals surface area (Å²) in [5, 5.41) is 15.6. The fraction of sp³-hybridized carbons (Fsp3) is 0.455. The van der Waals surface area contributed by atoms with E-state index in [1.807, 2.05) is 6.92 Å². The highest BCUT2D eigenvalue weighted by atomic mass is 16.3. The summed E-state index contributed by atoms with van der Waals surface area (Å²) in [4.78, 5) is 15.6. The highest BCUT2D eigenvalue weighted by Crippen LogP contribution is 2.18. The molecule has 16 heavy (non-hydrogen) atoms. The van der Waals surface area contributed by atoms with Crippen LogP contribution in [0.5, 0.6) is 5.75 Å². The van der Waals surface area contributed by atoms with Crippen LogP contribution in [0.3, 0.4) is 0 Å². The summed E-state index contributed by atoms with van der Waals surface area (Å²) in [5.74, 6) is -0.347. The standard InChI is InChI=1S/C11H15N3O2/c1-11(3-5-13-7-11)14-10(16)8-2-4-12-6-9(8)15/h2,4,6,13,15H,3,5,7H2,1H3,(H,14,16). The second-order valence-corrected chi connectivity index (χ2v) is 4.33. The lowest BCUT2D eigenvalue weighted by molar-refractivity contribution is 0.0910. The van der Waals surface area contributed by atoms with Gasteiger partial charge in [0.05, 0.1) is 17.3 Å². The Morgan fingerprint density at radius 2 is 2.50 bits per heavy atom. The average Bonchev–Trinajstić information content (AvgIpc) is 2.65. The zero-order valence-electron chi connectivity index (χ0n) is 9.16. The zero-order chi connectivity index (χ0) is 11.6. The maximum absolute atomic E-state index is 11.9. The monoisotopic (exact) mass is 221 g/mol. The molecule has 1 saturated heterocycles. The summed E-state index contributed by atoms with van der Waals surface area (Å²) in [6.45, 7) is 3.65. The quantitative estimate of drug-likeness (QED) is 0.670. The molecule has 1 atom stereocenters. The molecule has 0 aromatic carbocycles. The molecule has 1 aromatic heterocycles. The first-order valence-corrected chi connectivity index (χ1v) is 5.27. The number of carbonyl (C=O) groups is 1. The number of hydrogen-bond acceptors (Lipinski definition) is 4. The summed E-state index contributed by atoms with van der Waals surface area (Å²) >= 11 is 0. The molecule has 5 heteroatoms. The number of pyridine rings is 1. The van der Waals surface area contributed by atoms with Crippen molar-refractivity contribution in [3.63, 3.8) is 0 Å². The van der Waals surface area contributed by atoms with E-state index < -0.39 is 0 Å². The summed E-state index contributed by atoms with van der Waals surface area (Å²) in [7, 11) is 0.